The van der Waals surface area contributed by atoms with Gasteiger partial charge >= 0.3 is 0 Å². The third-order valence-electron chi connectivity index (χ3n) is 1.24. The molecule has 0 bridgehead atoms. The van der Waals surface area contributed by atoms with Gasteiger partial charge in [0.2, 0.25) is 0 Å². The zero-order valence-electron chi connectivity index (χ0n) is 6.60. The van der Waals surface area contributed by atoms with Gasteiger partial charge < -0.3 is 0 Å². The summed E-state index contributed by atoms with van der Waals surface area (Å²) in [5.41, 5.74) is -1.11. The first-order chi connectivity index (χ1) is 6.00. The van der Waals surface area contributed by atoms with Gasteiger partial charge in [-0.1, -0.05) is 0 Å². The van der Waals surface area contributed by atoms with Crippen LogP contribution in [0, 0.1) is 23.3 Å². The molecule has 0 aliphatic heterocycles. The summed E-state index contributed by atoms with van der Waals surface area (Å²) in [5, 5.41) is 0. The lowest BCUT2D eigenvalue weighted by molar-refractivity contribution is 0.387. The second kappa shape index (κ2) is 3.08. The fourth-order valence-electron chi connectivity index (χ4n) is 0.659. The molecule has 0 amide bonds. The summed E-state index contributed by atoms with van der Waals surface area (Å²) in [6, 6.07) is -1.29. The van der Waals surface area contributed by atoms with Crippen LogP contribution in [0.2, 0.25) is 0 Å². The fraction of sp³-hybridized carbons (Fsp3) is 0.143. The number of rotatable bonds is 1. The molecule has 0 aromatic heterocycles. The summed E-state index contributed by atoms with van der Waals surface area (Å²) in [7, 11) is 0. The van der Waals surface area contributed by atoms with Crippen LogP contribution in [0.25, 0.3) is 0 Å². The van der Waals surface area contributed by atoms with Gasteiger partial charge in [-0.3, -0.25) is 0 Å². The summed E-state index contributed by atoms with van der Waals surface area (Å²) in [6.07, 6.45) is 0. The van der Waals surface area contributed by atoms with Crippen LogP contribution in [0.4, 0.5) is 22.0 Å². The van der Waals surface area contributed by atoms with Gasteiger partial charge in [0.1, 0.15) is 6.67 Å². The topological polar surface area (TPSA) is 0 Å². The Morgan fingerprint density at radius 3 is 2.17 bits per heavy atom. The summed E-state index contributed by atoms with van der Waals surface area (Å²) in [5.74, 6) is -7.93. The number of hydrogen-bond donors (Lipinski definition) is 0. The van der Waals surface area contributed by atoms with Crippen LogP contribution in [0.1, 0.15) is 6.93 Å². The molecular formula is C7H3F5. The molecular weight excluding hydrogens is 179 g/mol. The third-order valence-corrected chi connectivity index (χ3v) is 1.24. The SMILES string of the molecule is [2H]c1c(F)c(F)c(F)c(F)c1CF. The van der Waals surface area contributed by atoms with Crippen LogP contribution in [-0.2, 0) is 6.67 Å². The Balaban J connectivity index is 3.56. The third kappa shape index (κ3) is 1.26. The Morgan fingerprint density at radius 1 is 1.08 bits per heavy atom. The van der Waals surface area contributed by atoms with Crippen molar-refractivity contribution in [2.75, 3.05) is 0 Å². The molecule has 0 saturated heterocycles. The summed E-state index contributed by atoms with van der Waals surface area (Å²) in [6.45, 7) is -1.56. The number of benzene rings is 1. The fourth-order valence-corrected chi connectivity index (χ4v) is 0.659. The van der Waals surface area contributed by atoms with Crippen LogP contribution in [0.15, 0.2) is 6.04 Å². The van der Waals surface area contributed by atoms with E-state index in [1.807, 2.05) is 0 Å². The van der Waals surface area contributed by atoms with Crippen molar-refractivity contribution >= 4 is 0 Å². The van der Waals surface area contributed by atoms with Crippen LogP contribution in [0.3, 0.4) is 0 Å². The van der Waals surface area contributed by atoms with Crippen LogP contribution in [0.5, 0.6) is 0 Å². The van der Waals surface area contributed by atoms with E-state index in [9.17, 15) is 22.0 Å². The predicted octanol–water partition coefficient (Wildman–Crippen LogP) is 2.71. The molecule has 0 atom stereocenters. The summed E-state index contributed by atoms with van der Waals surface area (Å²) in [4.78, 5) is 0. The second-order valence-electron chi connectivity index (χ2n) is 1.99. The molecule has 0 aliphatic rings. The monoisotopic (exact) mass is 183 g/mol. The molecule has 0 heterocycles. The van der Waals surface area contributed by atoms with Gasteiger partial charge in [-0.15, -0.1) is 0 Å². The molecule has 0 saturated carbocycles. The van der Waals surface area contributed by atoms with Crippen molar-refractivity contribution in [2.45, 2.75) is 6.67 Å². The highest BCUT2D eigenvalue weighted by Crippen LogP contribution is 2.18. The highest BCUT2D eigenvalue weighted by Gasteiger charge is 2.18. The standard InChI is InChI=1S/C7H3F5/c8-2-3-1-4(9)6(11)7(12)5(3)10/h1H,2H2/i1D. The molecule has 1 rings (SSSR count). The Labute approximate surface area is 66.0 Å². The summed E-state index contributed by atoms with van der Waals surface area (Å²) < 4.78 is 68.4. The minimum atomic E-state index is -2.10. The Morgan fingerprint density at radius 2 is 1.67 bits per heavy atom. The van der Waals surface area contributed by atoms with E-state index in [1.165, 1.54) is 0 Å². The van der Waals surface area contributed by atoms with E-state index < -0.39 is 41.5 Å². The van der Waals surface area contributed by atoms with E-state index in [1.54, 1.807) is 0 Å². The van der Waals surface area contributed by atoms with Crippen molar-refractivity contribution in [3.05, 3.63) is 34.9 Å². The minimum absolute atomic E-state index is 1.11. The molecule has 12 heavy (non-hydrogen) atoms. The normalized spacial score (nSPS) is 11.6. The maximum Gasteiger partial charge on any atom is 0.197 e. The zero-order valence-corrected chi connectivity index (χ0v) is 5.60. The van der Waals surface area contributed by atoms with Crippen molar-refractivity contribution in [3.63, 3.8) is 0 Å². The highest BCUT2D eigenvalue weighted by atomic mass is 19.2. The van der Waals surface area contributed by atoms with E-state index in [-0.39, 0.29) is 0 Å². The van der Waals surface area contributed by atoms with E-state index in [0.29, 0.717) is 0 Å². The largest absolute Gasteiger partial charge is 0.246 e. The average molecular weight is 183 g/mol. The quantitative estimate of drug-likeness (QED) is 0.356. The first kappa shape index (κ1) is 7.52. The maximum absolute atomic E-state index is 12.6. The smallest absolute Gasteiger partial charge is 0.197 e. The van der Waals surface area contributed by atoms with Crippen LogP contribution in [-0.4, -0.2) is 0 Å². The lowest BCUT2D eigenvalue weighted by Gasteiger charge is -2.00. The highest BCUT2D eigenvalue weighted by molar-refractivity contribution is 5.20. The molecule has 0 nitrogen and oxygen atoms in total. The van der Waals surface area contributed by atoms with Crippen molar-refractivity contribution in [1.29, 1.82) is 0 Å². The Bertz CT molecular complexity index is 320. The van der Waals surface area contributed by atoms with Crippen LogP contribution < -0.4 is 0 Å². The number of alkyl halides is 1. The molecule has 0 N–H and O–H groups in total. The molecule has 0 aliphatic carbocycles. The van der Waals surface area contributed by atoms with Gasteiger partial charge in [-0.2, -0.15) is 0 Å². The molecule has 1 aromatic carbocycles. The molecule has 0 radical (unpaired) electrons. The molecule has 0 fully saturated rings. The molecule has 1 aromatic rings. The van der Waals surface area contributed by atoms with E-state index in [2.05, 4.69) is 0 Å². The molecule has 0 unspecified atom stereocenters. The van der Waals surface area contributed by atoms with E-state index in [0.717, 1.165) is 0 Å². The lowest BCUT2D eigenvalue weighted by Crippen LogP contribution is -1.99. The van der Waals surface area contributed by atoms with Gasteiger partial charge in [0.05, 0.1) is 1.37 Å². The Hall–Kier alpha value is -1.13. The summed E-state index contributed by atoms with van der Waals surface area (Å²) >= 11 is 0. The second-order valence-corrected chi connectivity index (χ2v) is 1.99. The molecule has 0 spiro atoms. The van der Waals surface area contributed by atoms with Crippen LogP contribution >= 0.6 is 0 Å². The Kier molecular flexibility index (Phi) is 1.93. The average Bonchev–Trinajstić information content (AvgIpc) is 2.13. The van der Waals surface area contributed by atoms with Gasteiger partial charge in [-0.25, -0.2) is 22.0 Å². The lowest BCUT2D eigenvalue weighted by atomic mass is 10.2. The first-order valence-corrected chi connectivity index (χ1v) is 2.88. The molecule has 5 heteroatoms. The predicted molar refractivity (Wildman–Crippen MR) is 31.1 cm³/mol. The van der Waals surface area contributed by atoms with E-state index >= 15 is 0 Å². The first-order valence-electron chi connectivity index (χ1n) is 3.38. The number of halogens is 5. The van der Waals surface area contributed by atoms with Crippen molar-refractivity contribution < 1.29 is 23.3 Å². The van der Waals surface area contributed by atoms with Gasteiger partial charge in [-0.05, 0) is 6.04 Å². The number of hydrogen-bond acceptors (Lipinski definition) is 0. The maximum atomic E-state index is 12.6. The van der Waals surface area contributed by atoms with Gasteiger partial charge in [0.25, 0.3) is 0 Å². The zero-order chi connectivity index (χ0) is 10.2. The van der Waals surface area contributed by atoms with Gasteiger partial charge in [0.15, 0.2) is 23.3 Å². The molecule has 66 valence electrons. The van der Waals surface area contributed by atoms with Crippen molar-refractivity contribution in [2.24, 2.45) is 0 Å². The minimum Gasteiger partial charge on any atom is -0.246 e. The van der Waals surface area contributed by atoms with E-state index in [4.69, 9.17) is 1.37 Å². The van der Waals surface area contributed by atoms with Crippen molar-refractivity contribution in [1.82, 2.24) is 0 Å². The van der Waals surface area contributed by atoms with Crippen molar-refractivity contribution in [3.8, 4) is 0 Å². The van der Waals surface area contributed by atoms with Gasteiger partial charge in [0, 0.05) is 5.56 Å².